The van der Waals surface area contributed by atoms with E-state index in [0.717, 1.165) is 25.7 Å². The van der Waals surface area contributed by atoms with Crippen molar-refractivity contribution >= 4 is 29.9 Å². The van der Waals surface area contributed by atoms with Crippen LogP contribution in [0, 0.1) is 5.41 Å². The van der Waals surface area contributed by atoms with Crippen LogP contribution in [0.5, 0.6) is 0 Å². The zero-order valence-corrected chi connectivity index (χ0v) is 16.9. The Morgan fingerprint density at radius 1 is 1.12 bits per heavy atom. The van der Waals surface area contributed by atoms with Crippen molar-refractivity contribution in [3.8, 4) is 0 Å². The molecule has 26 heavy (non-hydrogen) atoms. The standard InChI is InChI=1S/C20H31N3O2.ClH/c1-19(2,3)23-18(25)15-9-5-6-10-16(15)22-17(24)13-20(14-21)11-7-4-8-12-20;/h5-6,9-10H,4,7-8,11-14,21H2,1-3H3,(H,22,24)(H,23,25);1H. The minimum atomic E-state index is -0.333. The molecule has 1 aromatic carbocycles. The molecule has 1 aliphatic rings. The summed E-state index contributed by atoms with van der Waals surface area (Å²) in [5.41, 5.74) is 6.59. The average molecular weight is 382 g/mol. The van der Waals surface area contributed by atoms with Gasteiger partial charge in [0.25, 0.3) is 5.91 Å². The second-order valence-corrected chi connectivity index (χ2v) is 8.24. The molecule has 0 bridgehead atoms. The van der Waals surface area contributed by atoms with E-state index in [-0.39, 0.29) is 35.2 Å². The van der Waals surface area contributed by atoms with E-state index in [2.05, 4.69) is 10.6 Å². The van der Waals surface area contributed by atoms with Gasteiger partial charge in [-0.3, -0.25) is 9.59 Å². The first-order chi connectivity index (χ1) is 11.7. The molecule has 1 aromatic rings. The highest BCUT2D eigenvalue weighted by Gasteiger charge is 2.33. The van der Waals surface area contributed by atoms with Gasteiger partial charge in [-0.05, 0) is 57.7 Å². The summed E-state index contributed by atoms with van der Waals surface area (Å²) in [6, 6.07) is 7.12. The lowest BCUT2D eigenvalue weighted by Gasteiger charge is -2.35. The van der Waals surface area contributed by atoms with Crippen molar-refractivity contribution in [2.45, 2.75) is 64.8 Å². The molecule has 1 aliphatic carbocycles. The predicted octanol–water partition coefficient (Wildman–Crippen LogP) is 3.87. The molecule has 4 N–H and O–H groups in total. The van der Waals surface area contributed by atoms with Gasteiger partial charge in [-0.25, -0.2) is 0 Å². The van der Waals surface area contributed by atoms with Crippen LogP contribution < -0.4 is 16.4 Å². The smallest absolute Gasteiger partial charge is 0.253 e. The Kier molecular flexibility index (Phi) is 8.10. The van der Waals surface area contributed by atoms with Crippen LogP contribution in [0.3, 0.4) is 0 Å². The Balaban J connectivity index is 0.00000338. The lowest BCUT2D eigenvalue weighted by molar-refractivity contribution is -0.118. The fraction of sp³-hybridized carbons (Fsp3) is 0.600. The molecular weight excluding hydrogens is 350 g/mol. The van der Waals surface area contributed by atoms with E-state index in [1.807, 2.05) is 26.8 Å². The molecule has 6 heteroatoms. The highest BCUT2D eigenvalue weighted by atomic mass is 35.5. The van der Waals surface area contributed by atoms with Gasteiger partial charge >= 0.3 is 0 Å². The molecule has 5 nitrogen and oxygen atoms in total. The summed E-state index contributed by atoms with van der Waals surface area (Å²) in [4.78, 5) is 25.1. The van der Waals surface area contributed by atoms with Crippen molar-refractivity contribution in [1.82, 2.24) is 5.32 Å². The molecule has 0 unspecified atom stereocenters. The van der Waals surface area contributed by atoms with Crippen molar-refractivity contribution in [3.05, 3.63) is 29.8 Å². The van der Waals surface area contributed by atoms with Gasteiger partial charge in [0, 0.05) is 12.0 Å². The van der Waals surface area contributed by atoms with Crippen LogP contribution in [-0.2, 0) is 4.79 Å². The first-order valence-corrected chi connectivity index (χ1v) is 9.16. The topological polar surface area (TPSA) is 84.2 Å². The number of carbonyl (C=O) groups excluding carboxylic acids is 2. The largest absolute Gasteiger partial charge is 0.347 e. The van der Waals surface area contributed by atoms with Gasteiger partial charge in [0.1, 0.15) is 0 Å². The predicted molar refractivity (Wildman–Crippen MR) is 109 cm³/mol. The number of carbonyl (C=O) groups is 2. The second kappa shape index (κ2) is 9.38. The van der Waals surface area contributed by atoms with Crippen LogP contribution in [0.4, 0.5) is 5.69 Å². The lowest BCUT2D eigenvalue weighted by Crippen LogP contribution is -2.41. The average Bonchev–Trinajstić information content (AvgIpc) is 2.54. The van der Waals surface area contributed by atoms with Gasteiger partial charge in [-0.1, -0.05) is 31.4 Å². The Morgan fingerprint density at radius 3 is 2.31 bits per heavy atom. The molecule has 0 heterocycles. The summed E-state index contributed by atoms with van der Waals surface area (Å²) in [6.07, 6.45) is 5.91. The number of nitrogens with one attached hydrogen (secondary N) is 2. The van der Waals surface area contributed by atoms with Crippen LogP contribution in [0.2, 0.25) is 0 Å². The molecular formula is C20H32ClN3O2. The summed E-state index contributed by atoms with van der Waals surface area (Å²) in [5, 5.41) is 5.87. The van der Waals surface area contributed by atoms with Gasteiger partial charge in [-0.2, -0.15) is 0 Å². The molecule has 0 aromatic heterocycles. The number of anilines is 1. The van der Waals surface area contributed by atoms with Gasteiger partial charge in [0.05, 0.1) is 11.3 Å². The van der Waals surface area contributed by atoms with Crippen molar-refractivity contribution < 1.29 is 9.59 Å². The SMILES string of the molecule is CC(C)(C)NC(=O)c1ccccc1NC(=O)CC1(CN)CCCCC1.Cl. The first-order valence-electron chi connectivity index (χ1n) is 9.16. The third-order valence-electron chi connectivity index (χ3n) is 4.82. The lowest BCUT2D eigenvalue weighted by atomic mass is 9.71. The first kappa shape index (κ1) is 22.5. The van der Waals surface area contributed by atoms with Crippen LogP contribution in [0.15, 0.2) is 24.3 Å². The summed E-state index contributed by atoms with van der Waals surface area (Å²) >= 11 is 0. The van der Waals surface area contributed by atoms with Gasteiger partial charge in [0.2, 0.25) is 5.91 Å². The number of rotatable bonds is 5. The Hall–Kier alpha value is -1.59. The van der Waals surface area contributed by atoms with Crippen LogP contribution in [-0.4, -0.2) is 23.9 Å². The fourth-order valence-corrected chi connectivity index (χ4v) is 3.49. The molecule has 0 radical (unpaired) electrons. The van der Waals surface area contributed by atoms with Crippen molar-refractivity contribution in [1.29, 1.82) is 0 Å². The van der Waals surface area contributed by atoms with E-state index < -0.39 is 0 Å². The Morgan fingerprint density at radius 2 is 1.73 bits per heavy atom. The number of amides is 2. The summed E-state index contributed by atoms with van der Waals surface area (Å²) < 4.78 is 0. The zero-order chi connectivity index (χ0) is 18.5. The summed E-state index contributed by atoms with van der Waals surface area (Å²) in [5.74, 6) is -0.252. The number of nitrogens with two attached hydrogens (primary N) is 1. The van der Waals surface area contributed by atoms with Crippen molar-refractivity contribution in [2.75, 3.05) is 11.9 Å². The molecule has 2 rings (SSSR count). The van der Waals surface area contributed by atoms with Gasteiger partial charge in [0.15, 0.2) is 0 Å². The highest BCUT2D eigenvalue weighted by molar-refractivity contribution is 6.04. The van der Waals surface area contributed by atoms with E-state index in [9.17, 15) is 9.59 Å². The number of para-hydroxylation sites is 1. The molecule has 1 saturated carbocycles. The maximum absolute atomic E-state index is 12.6. The monoisotopic (exact) mass is 381 g/mol. The minimum absolute atomic E-state index is 0. The Labute approximate surface area is 162 Å². The Bertz CT molecular complexity index is 620. The van der Waals surface area contributed by atoms with E-state index in [0.29, 0.717) is 24.2 Å². The fourth-order valence-electron chi connectivity index (χ4n) is 3.49. The second-order valence-electron chi connectivity index (χ2n) is 8.24. The third-order valence-corrected chi connectivity index (χ3v) is 4.82. The summed E-state index contributed by atoms with van der Waals surface area (Å²) in [6.45, 7) is 6.33. The molecule has 0 atom stereocenters. The molecule has 2 amide bonds. The number of hydrogen-bond donors (Lipinski definition) is 3. The number of hydrogen-bond acceptors (Lipinski definition) is 3. The normalized spacial score (nSPS) is 16.3. The quantitative estimate of drug-likeness (QED) is 0.723. The summed E-state index contributed by atoms with van der Waals surface area (Å²) in [7, 11) is 0. The van der Waals surface area contributed by atoms with E-state index in [1.165, 1.54) is 6.42 Å². The van der Waals surface area contributed by atoms with Crippen LogP contribution in [0.1, 0.15) is 69.7 Å². The molecule has 0 spiro atoms. The third kappa shape index (κ3) is 6.29. The van der Waals surface area contributed by atoms with Gasteiger partial charge < -0.3 is 16.4 Å². The number of benzene rings is 1. The number of halogens is 1. The zero-order valence-electron chi connectivity index (χ0n) is 16.1. The molecule has 0 saturated heterocycles. The minimum Gasteiger partial charge on any atom is -0.347 e. The maximum atomic E-state index is 12.6. The van der Waals surface area contributed by atoms with Crippen LogP contribution in [0.25, 0.3) is 0 Å². The molecule has 0 aliphatic heterocycles. The van der Waals surface area contributed by atoms with E-state index in [1.54, 1.807) is 18.2 Å². The van der Waals surface area contributed by atoms with E-state index >= 15 is 0 Å². The van der Waals surface area contributed by atoms with E-state index in [4.69, 9.17) is 5.73 Å². The highest BCUT2D eigenvalue weighted by Crippen LogP contribution is 2.38. The van der Waals surface area contributed by atoms with Crippen molar-refractivity contribution in [2.24, 2.45) is 11.1 Å². The molecule has 1 fully saturated rings. The molecule has 146 valence electrons. The van der Waals surface area contributed by atoms with Crippen LogP contribution >= 0.6 is 12.4 Å². The van der Waals surface area contributed by atoms with Gasteiger partial charge in [-0.15, -0.1) is 12.4 Å². The van der Waals surface area contributed by atoms with Crippen molar-refractivity contribution in [3.63, 3.8) is 0 Å². The maximum Gasteiger partial charge on any atom is 0.253 e.